The first-order chi connectivity index (χ1) is 26.8. The van der Waals surface area contributed by atoms with Crippen molar-refractivity contribution < 1.29 is 0 Å². The van der Waals surface area contributed by atoms with Crippen LogP contribution in [0.3, 0.4) is 0 Å². The van der Waals surface area contributed by atoms with Crippen LogP contribution in [0.15, 0.2) is 189 Å². The summed E-state index contributed by atoms with van der Waals surface area (Å²) in [7, 11) is 0. The minimum absolute atomic E-state index is 0.702. The van der Waals surface area contributed by atoms with Gasteiger partial charge in [0.25, 0.3) is 0 Å². The lowest BCUT2D eigenvalue weighted by Crippen LogP contribution is -2.11. The van der Waals surface area contributed by atoms with Gasteiger partial charge in [0.2, 0.25) is 0 Å². The van der Waals surface area contributed by atoms with Crippen LogP contribution in [0.5, 0.6) is 0 Å². The highest BCUT2D eigenvalue weighted by atomic mass is 14.9. The molecule has 6 heteroatoms. The summed E-state index contributed by atoms with van der Waals surface area (Å²) in [4.78, 5) is 22.3. The van der Waals surface area contributed by atoms with Crippen molar-refractivity contribution in [2.24, 2.45) is 0 Å². The van der Waals surface area contributed by atoms with Crippen LogP contribution >= 0.6 is 0 Å². The molecule has 1 N–H and O–H groups in total. The standard InChI is InChI=1S/C48H34N6/c1-5-41(31-49-23-1)33-7-11-35(12-8-33)43-29-44(36-13-9-34(10-14-36)42-6-2-24-50-32-42)46(38-17-21-40(22-18-38)48-53-27-4-28-54-48)30-45(43)37-15-19-39(20-16-37)47-51-25-3-26-52-47/h1-31,50H,32H2. The number of allylic oxidation sites excluding steroid dienone is 2. The van der Waals surface area contributed by atoms with Crippen LogP contribution in [0, 0.1) is 0 Å². The van der Waals surface area contributed by atoms with E-state index < -0.39 is 0 Å². The predicted molar refractivity (Wildman–Crippen MR) is 219 cm³/mol. The fourth-order valence-electron chi connectivity index (χ4n) is 6.95. The Morgan fingerprint density at radius 3 is 1.22 bits per heavy atom. The first-order valence-electron chi connectivity index (χ1n) is 17.9. The van der Waals surface area contributed by atoms with Gasteiger partial charge < -0.3 is 5.32 Å². The molecular weight excluding hydrogens is 661 g/mol. The molecule has 0 saturated heterocycles. The second-order valence-corrected chi connectivity index (χ2v) is 13.1. The van der Waals surface area contributed by atoms with Gasteiger partial charge in [0.15, 0.2) is 11.6 Å². The van der Waals surface area contributed by atoms with E-state index >= 15 is 0 Å². The van der Waals surface area contributed by atoms with Crippen molar-refractivity contribution in [3.63, 3.8) is 0 Å². The number of nitrogens with zero attached hydrogens (tertiary/aromatic N) is 5. The lowest BCUT2D eigenvalue weighted by Gasteiger charge is -2.19. The van der Waals surface area contributed by atoms with Crippen LogP contribution in [-0.4, -0.2) is 31.5 Å². The van der Waals surface area contributed by atoms with Gasteiger partial charge in [-0.05, 0) is 109 Å². The Kier molecular flexibility index (Phi) is 8.89. The van der Waals surface area contributed by atoms with E-state index in [1.54, 1.807) is 31.0 Å². The lowest BCUT2D eigenvalue weighted by atomic mass is 9.85. The summed E-state index contributed by atoms with van der Waals surface area (Å²) in [6.45, 7) is 0.807. The Bertz CT molecular complexity index is 2580. The molecule has 0 bridgehead atoms. The van der Waals surface area contributed by atoms with E-state index in [0.29, 0.717) is 11.6 Å². The highest BCUT2D eigenvalue weighted by molar-refractivity contribution is 5.96. The summed E-state index contributed by atoms with van der Waals surface area (Å²) >= 11 is 0. The second-order valence-electron chi connectivity index (χ2n) is 13.1. The monoisotopic (exact) mass is 694 g/mol. The molecule has 0 aliphatic carbocycles. The van der Waals surface area contributed by atoms with Crippen molar-refractivity contribution in [3.05, 3.63) is 195 Å². The molecule has 256 valence electrons. The zero-order valence-electron chi connectivity index (χ0n) is 29.3. The third kappa shape index (κ3) is 6.72. The molecule has 4 heterocycles. The molecule has 0 saturated carbocycles. The Morgan fingerprint density at radius 2 is 0.815 bits per heavy atom. The van der Waals surface area contributed by atoms with E-state index in [1.165, 1.54) is 11.1 Å². The van der Waals surface area contributed by atoms with Crippen LogP contribution in [-0.2, 0) is 0 Å². The quantitative estimate of drug-likeness (QED) is 0.171. The van der Waals surface area contributed by atoms with Crippen LogP contribution < -0.4 is 5.32 Å². The lowest BCUT2D eigenvalue weighted by molar-refractivity contribution is 0.986. The van der Waals surface area contributed by atoms with Crippen LogP contribution in [0.25, 0.3) is 84.0 Å². The molecule has 0 unspecified atom stereocenters. The van der Waals surface area contributed by atoms with Crippen molar-refractivity contribution >= 4 is 5.57 Å². The smallest absolute Gasteiger partial charge is 0.159 e. The van der Waals surface area contributed by atoms with Gasteiger partial charge in [0, 0.05) is 54.9 Å². The first kappa shape index (κ1) is 32.6. The Hall–Kier alpha value is -7.31. The predicted octanol–water partition coefficient (Wildman–Crippen LogP) is 10.8. The molecule has 0 spiro atoms. The maximum Gasteiger partial charge on any atom is 0.159 e. The molecule has 0 atom stereocenters. The van der Waals surface area contributed by atoms with Crippen molar-refractivity contribution in [3.8, 4) is 78.4 Å². The Morgan fingerprint density at radius 1 is 0.389 bits per heavy atom. The number of aromatic nitrogens is 5. The molecule has 1 aliphatic rings. The largest absolute Gasteiger partial charge is 0.387 e. The summed E-state index contributed by atoms with van der Waals surface area (Å²) in [5.41, 5.74) is 15.6. The zero-order chi connectivity index (χ0) is 36.1. The summed E-state index contributed by atoms with van der Waals surface area (Å²) < 4.78 is 0. The molecule has 8 aromatic rings. The third-order valence-corrected chi connectivity index (χ3v) is 9.76. The van der Waals surface area contributed by atoms with Crippen molar-refractivity contribution in [2.75, 3.05) is 6.54 Å². The van der Waals surface area contributed by atoms with Crippen LogP contribution in [0.1, 0.15) is 5.56 Å². The van der Waals surface area contributed by atoms with Gasteiger partial charge in [-0.15, -0.1) is 0 Å². The minimum Gasteiger partial charge on any atom is -0.387 e. The molecule has 6 nitrogen and oxygen atoms in total. The van der Waals surface area contributed by atoms with E-state index in [1.807, 2.05) is 30.6 Å². The summed E-state index contributed by atoms with van der Waals surface area (Å²) in [5.74, 6) is 1.41. The first-order valence-corrected chi connectivity index (χ1v) is 17.9. The van der Waals surface area contributed by atoms with Gasteiger partial charge >= 0.3 is 0 Å². The molecule has 1 aliphatic heterocycles. The number of pyridine rings is 1. The summed E-state index contributed by atoms with van der Waals surface area (Å²) in [6.07, 6.45) is 17.0. The molecule has 0 amide bonds. The molecule has 9 rings (SSSR count). The molecular formula is C48H34N6. The Labute approximate surface area is 314 Å². The fraction of sp³-hybridized carbons (Fsp3) is 0.0208. The number of rotatable bonds is 8. The van der Waals surface area contributed by atoms with Gasteiger partial charge in [-0.25, -0.2) is 19.9 Å². The van der Waals surface area contributed by atoms with Gasteiger partial charge in [0.05, 0.1) is 0 Å². The van der Waals surface area contributed by atoms with Gasteiger partial charge in [-0.2, -0.15) is 0 Å². The number of benzene rings is 5. The van der Waals surface area contributed by atoms with Crippen LogP contribution in [0.2, 0.25) is 0 Å². The molecule has 54 heavy (non-hydrogen) atoms. The average Bonchev–Trinajstić information content (AvgIpc) is 3.27. The summed E-state index contributed by atoms with van der Waals surface area (Å²) in [5, 5.41) is 3.33. The second kappa shape index (κ2) is 14.7. The highest BCUT2D eigenvalue weighted by Gasteiger charge is 2.18. The SMILES string of the molecule is C1=CNCC(c2ccc(-c3cc(-c4ccc(-c5cccnc5)cc4)c(-c4ccc(-c5ncccn5)cc4)cc3-c3ccc(-c4ncccn4)cc3)cc2)=C1. The molecule has 5 aromatic carbocycles. The van der Waals surface area contributed by atoms with Crippen molar-refractivity contribution in [2.45, 2.75) is 0 Å². The Balaban J connectivity index is 1.22. The normalized spacial score (nSPS) is 12.2. The number of nitrogens with one attached hydrogen (secondary N) is 1. The van der Waals surface area contributed by atoms with E-state index in [4.69, 9.17) is 0 Å². The van der Waals surface area contributed by atoms with Crippen molar-refractivity contribution in [1.82, 2.24) is 30.2 Å². The maximum absolute atomic E-state index is 4.48. The highest BCUT2D eigenvalue weighted by Crippen LogP contribution is 2.43. The van der Waals surface area contributed by atoms with Crippen LogP contribution in [0.4, 0.5) is 0 Å². The number of hydrogen-bond acceptors (Lipinski definition) is 6. The van der Waals surface area contributed by atoms with Crippen molar-refractivity contribution in [1.29, 1.82) is 0 Å². The van der Waals surface area contributed by atoms with Gasteiger partial charge in [-0.1, -0.05) is 109 Å². The minimum atomic E-state index is 0.702. The third-order valence-electron chi connectivity index (χ3n) is 9.76. The van der Waals surface area contributed by atoms with Gasteiger partial charge in [0.1, 0.15) is 0 Å². The molecule has 0 fully saturated rings. The number of hydrogen-bond donors (Lipinski definition) is 1. The summed E-state index contributed by atoms with van der Waals surface area (Å²) in [6, 6.07) is 47.2. The fourth-order valence-corrected chi connectivity index (χ4v) is 6.95. The van der Waals surface area contributed by atoms with E-state index in [2.05, 4.69) is 158 Å². The topological polar surface area (TPSA) is 76.5 Å². The zero-order valence-corrected chi connectivity index (χ0v) is 29.3. The van der Waals surface area contributed by atoms with E-state index in [9.17, 15) is 0 Å². The molecule has 3 aromatic heterocycles. The average molecular weight is 695 g/mol. The van der Waals surface area contributed by atoms with E-state index in [-0.39, 0.29) is 0 Å². The maximum atomic E-state index is 4.48. The van der Waals surface area contributed by atoms with Gasteiger partial charge in [-0.3, -0.25) is 4.98 Å². The van der Waals surface area contributed by atoms with E-state index in [0.717, 1.165) is 73.3 Å². The number of dihydropyridines is 1. The molecule has 0 radical (unpaired) electrons.